The minimum Gasteiger partial charge on any atom is -0.339 e. The van der Waals surface area contributed by atoms with Gasteiger partial charge >= 0.3 is 0 Å². The molecule has 0 saturated heterocycles. The van der Waals surface area contributed by atoms with E-state index in [1.807, 2.05) is 0 Å². The molecule has 1 unspecified atom stereocenters. The van der Waals surface area contributed by atoms with Gasteiger partial charge in [0, 0.05) is 5.56 Å². The van der Waals surface area contributed by atoms with Crippen molar-refractivity contribution >= 4 is 40.7 Å². The second kappa shape index (κ2) is 8.53. The molecule has 3 rings (SSSR count). The maximum absolute atomic E-state index is 13.9. The maximum atomic E-state index is 13.9. The summed E-state index contributed by atoms with van der Waals surface area (Å²) in [4.78, 5) is 20.9. The van der Waals surface area contributed by atoms with Crippen molar-refractivity contribution in [1.29, 1.82) is 5.26 Å². The van der Waals surface area contributed by atoms with Crippen LogP contribution in [0.25, 0.3) is 0 Å². The van der Waals surface area contributed by atoms with Gasteiger partial charge in [0.1, 0.15) is 17.0 Å². The van der Waals surface area contributed by atoms with Gasteiger partial charge in [-0.05, 0) is 35.9 Å². The summed E-state index contributed by atoms with van der Waals surface area (Å²) in [6, 6.07) is 9.40. The van der Waals surface area contributed by atoms with E-state index >= 15 is 0 Å². The van der Waals surface area contributed by atoms with Gasteiger partial charge in [-0.1, -0.05) is 40.9 Å². The van der Waals surface area contributed by atoms with Gasteiger partial charge in [0.25, 0.3) is 5.91 Å². The number of hydrogen-bond donors (Lipinski definition) is 1. The molecule has 1 heterocycles. The van der Waals surface area contributed by atoms with E-state index in [1.165, 1.54) is 24.5 Å². The van der Waals surface area contributed by atoms with Gasteiger partial charge in [-0.3, -0.25) is 9.78 Å². The number of amides is 1. The third kappa shape index (κ3) is 4.39. The summed E-state index contributed by atoms with van der Waals surface area (Å²) in [5.74, 6) is -1.36. The standard InChI is InChI=1S/C19H10Cl3FN4O/c20-13-4-3-10(5-14(13)21)18(16-8-26-17(22)9-25-16)27-19(28)11-1-2-12(7-24)15(23)6-11/h1-6,8-9,18H,(H,27,28). The van der Waals surface area contributed by atoms with Crippen LogP contribution in [0.3, 0.4) is 0 Å². The Morgan fingerprint density at radius 3 is 2.46 bits per heavy atom. The lowest BCUT2D eigenvalue weighted by Gasteiger charge is -2.19. The smallest absolute Gasteiger partial charge is 0.252 e. The van der Waals surface area contributed by atoms with E-state index in [2.05, 4.69) is 15.3 Å². The number of nitriles is 1. The van der Waals surface area contributed by atoms with Gasteiger partial charge < -0.3 is 5.32 Å². The Kier molecular flexibility index (Phi) is 6.10. The zero-order chi connectivity index (χ0) is 20.3. The second-order valence-corrected chi connectivity index (χ2v) is 6.85. The first-order valence-electron chi connectivity index (χ1n) is 7.82. The number of carbonyl (C=O) groups is 1. The van der Waals surface area contributed by atoms with Crippen molar-refractivity contribution in [2.24, 2.45) is 0 Å². The Morgan fingerprint density at radius 1 is 1.07 bits per heavy atom. The zero-order valence-corrected chi connectivity index (χ0v) is 16.2. The molecule has 0 aliphatic heterocycles. The van der Waals surface area contributed by atoms with Crippen molar-refractivity contribution in [3.63, 3.8) is 0 Å². The first-order valence-corrected chi connectivity index (χ1v) is 8.95. The van der Waals surface area contributed by atoms with Crippen molar-refractivity contribution in [1.82, 2.24) is 15.3 Å². The number of halogens is 4. The molecule has 1 atom stereocenters. The number of carbonyl (C=O) groups excluding carboxylic acids is 1. The number of nitrogens with zero attached hydrogens (tertiary/aromatic N) is 3. The summed E-state index contributed by atoms with van der Waals surface area (Å²) >= 11 is 17.9. The number of aromatic nitrogens is 2. The van der Waals surface area contributed by atoms with Gasteiger partial charge in [0.15, 0.2) is 0 Å². The normalized spacial score (nSPS) is 11.5. The summed E-state index contributed by atoms with van der Waals surface area (Å²) in [6.45, 7) is 0. The van der Waals surface area contributed by atoms with Crippen molar-refractivity contribution in [3.8, 4) is 6.07 Å². The van der Waals surface area contributed by atoms with Crippen LogP contribution in [0.4, 0.5) is 4.39 Å². The average Bonchev–Trinajstić information content (AvgIpc) is 2.69. The molecular formula is C19H10Cl3FN4O. The zero-order valence-electron chi connectivity index (χ0n) is 14.0. The topological polar surface area (TPSA) is 78.7 Å². The lowest BCUT2D eigenvalue weighted by atomic mass is 10.0. The molecule has 140 valence electrons. The van der Waals surface area contributed by atoms with Crippen LogP contribution in [-0.2, 0) is 0 Å². The van der Waals surface area contributed by atoms with Crippen LogP contribution in [-0.4, -0.2) is 15.9 Å². The van der Waals surface area contributed by atoms with E-state index in [0.29, 0.717) is 21.3 Å². The highest BCUT2D eigenvalue weighted by molar-refractivity contribution is 6.42. The number of benzene rings is 2. The first kappa shape index (κ1) is 20.0. The van der Waals surface area contributed by atoms with Gasteiger partial charge in [-0.25, -0.2) is 9.37 Å². The Bertz CT molecular complexity index is 1080. The van der Waals surface area contributed by atoms with Crippen LogP contribution in [0, 0.1) is 17.1 Å². The Hall–Kier alpha value is -2.72. The van der Waals surface area contributed by atoms with E-state index in [4.69, 9.17) is 40.1 Å². The number of hydrogen-bond acceptors (Lipinski definition) is 4. The lowest BCUT2D eigenvalue weighted by Crippen LogP contribution is -2.30. The molecule has 0 fully saturated rings. The van der Waals surface area contributed by atoms with E-state index in [1.54, 1.807) is 24.3 Å². The highest BCUT2D eigenvalue weighted by Crippen LogP contribution is 2.28. The molecule has 28 heavy (non-hydrogen) atoms. The van der Waals surface area contributed by atoms with Crippen molar-refractivity contribution < 1.29 is 9.18 Å². The molecular weight excluding hydrogens is 426 g/mol. The van der Waals surface area contributed by atoms with Crippen LogP contribution >= 0.6 is 34.8 Å². The monoisotopic (exact) mass is 434 g/mol. The predicted octanol–water partition coefficient (Wildman–Crippen LogP) is 4.97. The Labute approximate surface area is 174 Å². The number of rotatable bonds is 4. The molecule has 0 aliphatic carbocycles. The highest BCUT2D eigenvalue weighted by Gasteiger charge is 2.21. The molecule has 0 spiro atoms. The van der Waals surface area contributed by atoms with E-state index in [-0.39, 0.29) is 16.3 Å². The Balaban J connectivity index is 1.98. The number of nitrogens with one attached hydrogen (secondary N) is 1. The summed E-state index contributed by atoms with van der Waals surface area (Å²) in [5.41, 5.74) is 0.878. The minimum absolute atomic E-state index is 0.0449. The fraction of sp³-hybridized carbons (Fsp3) is 0.0526. The summed E-state index contributed by atoms with van der Waals surface area (Å²) in [6.07, 6.45) is 2.75. The van der Waals surface area contributed by atoms with Gasteiger partial charge in [0.2, 0.25) is 0 Å². The van der Waals surface area contributed by atoms with E-state index in [9.17, 15) is 9.18 Å². The fourth-order valence-corrected chi connectivity index (χ4v) is 2.86. The first-order chi connectivity index (χ1) is 13.4. The molecule has 0 radical (unpaired) electrons. The SMILES string of the molecule is N#Cc1ccc(C(=O)NC(c2ccc(Cl)c(Cl)c2)c2cnc(Cl)cn2)cc1F. The molecule has 1 N–H and O–H groups in total. The predicted molar refractivity (Wildman–Crippen MR) is 104 cm³/mol. The van der Waals surface area contributed by atoms with Crippen LogP contribution in [0.2, 0.25) is 15.2 Å². The average molecular weight is 436 g/mol. The lowest BCUT2D eigenvalue weighted by molar-refractivity contribution is 0.0942. The van der Waals surface area contributed by atoms with E-state index < -0.39 is 17.8 Å². The second-order valence-electron chi connectivity index (χ2n) is 5.65. The molecule has 0 bridgehead atoms. The molecule has 1 aromatic heterocycles. The Morgan fingerprint density at radius 2 is 1.86 bits per heavy atom. The van der Waals surface area contributed by atoms with Crippen LogP contribution in [0.5, 0.6) is 0 Å². The molecule has 2 aromatic carbocycles. The maximum Gasteiger partial charge on any atom is 0.252 e. The quantitative estimate of drug-likeness (QED) is 0.628. The van der Waals surface area contributed by atoms with Gasteiger partial charge in [0.05, 0.1) is 39.7 Å². The van der Waals surface area contributed by atoms with Crippen molar-refractivity contribution in [2.75, 3.05) is 0 Å². The molecule has 5 nitrogen and oxygen atoms in total. The molecule has 9 heteroatoms. The van der Waals surface area contributed by atoms with Crippen molar-refractivity contribution in [3.05, 3.63) is 92.2 Å². The molecule has 0 saturated carbocycles. The van der Waals surface area contributed by atoms with Crippen LogP contribution in [0.1, 0.15) is 33.2 Å². The fourth-order valence-electron chi connectivity index (χ4n) is 2.45. The van der Waals surface area contributed by atoms with Gasteiger partial charge in [-0.2, -0.15) is 5.26 Å². The van der Waals surface area contributed by atoms with Crippen molar-refractivity contribution in [2.45, 2.75) is 6.04 Å². The summed E-state index contributed by atoms with van der Waals surface area (Å²) in [7, 11) is 0. The van der Waals surface area contributed by atoms with Crippen LogP contribution in [0.15, 0.2) is 48.8 Å². The molecule has 3 aromatic rings. The van der Waals surface area contributed by atoms with Crippen LogP contribution < -0.4 is 5.32 Å². The third-order valence-corrected chi connectivity index (χ3v) is 4.77. The third-order valence-electron chi connectivity index (χ3n) is 3.84. The largest absolute Gasteiger partial charge is 0.339 e. The van der Waals surface area contributed by atoms with E-state index in [0.717, 1.165) is 6.07 Å². The minimum atomic E-state index is -0.785. The van der Waals surface area contributed by atoms with Gasteiger partial charge in [-0.15, -0.1) is 0 Å². The molecule has 0 aliphatic rings. The summed E-state index contributed by atoms with van der Waals surface area (Å²) < 4.78 is 13.9. The highest BCUT2D eigenvalue weighted by atomic mass is 35.5. The molecule has 1 amide bonds. The summed E-state index contributed by atoms with van der Waals surface area (Å²) in [5, 5.41) is 12.4.